The molecule has 3 aromatic heterocycles. The summed E-state index contributed by atoms with van der Waals surface area (Å²) in [4.78, 5) is 2.40. The zero-order valence-electron chi connectivity index (χ0n) is 33.5. The molecule has 4 heteroatoms. The van der Waals surface area contributed by atoms with Crippen LogP contribution in [0.1, 0.15) is 0 Å². The van der Waals surface area contributed by atoms with Gasteiger partial charge in [-0.15, -0.1) is 0 Å². The predicted molar refractivity (Wildman–Crippen MR) is 258 cm³/mol. The van der Waals surface area contributed by atoms with E-state index in [0.717, 1.165) is 88.9 Å². The fourth-order valence-corrected chi connectivity index (χ4v) is 9.75. The molecule has 10 aromatic carbocycles. The molecule has 0 atom stereocenters. The van der Waals surface area contributed by atoms with Crippen molar-refractivity contribution in [3.63, 3.8) is 0 Å². The van der Waals surface area contributed by atoms with Crippen molar-refractivity contribution in [3.8, 4) is 27.9 Å². The summed E-state index contributed by atoms with van der Waals surface area (Å²) >= 11 is 0. The molecule has 0 bridgehead atoms. The maximum Gasteiger partial charge on any atom is 0.136 e. The van der Waals surface area contributed by atoms with Gasteiger partial charge < -0.3 is 18.3 Å². The molecule has 0 radical (unpaired) electrons. The summed E-state index contributed by atoms with van der Waals surface area (Å²) in [6, 6.07) is 78.1. The van der Waals surface area contributed by atoms with E-state index in [-0.39, 0.29) is 0 Å². The lowest BCUT2D eigenvalue weighted by molar-refractivity contribution is 0.669. The first-order chi connectivity index (χ1) is 30.7. The number of furan rings is 2. The average molecular weight is 793 g/mol. The van der Waals surface area contributed by atoms with Crippen molar-refractivity contribution in [2.45, 2.75) is 0 Å². The number of nitrogens with zero attached hydrogens (tertiary/aromatic N) is 2. The van der Waals surface area contributed by atoms with Crippen LogP contribution in [0.15, 0.2) is 227 Å². The SMILES string of the molecule is c1cc(N(c2ccc(-c3cccc4oc5ccccc5c34)cc2)c2ccccc2-c2ccc3oc4cc5ccccc5cc4c3c2)cc(-n2c3ccccc3c3ccccc32)c1. The predicted octanol–water partition coefficient (Wildman–Crippen LogP) is 16.5. The molecule has 0 aliphatic rings. The molecule has 0 N–H and O–H groups in total. The minimum Gasteiger partial charge on any atom is -0.456 e. The van der Waals surface area contributed by atoms with Crippen LogP contribution in [0.2, 0.25) is 0 Å². The van der Waals surface area contributed by atoms with Gasteiger partial charge in [0.25, 0.3) is 0 Å². The van der Waals surface area contributed by atoms with Crippen LogP contribution in [0.3, 0.4) is 0 Å². The van der Waals surface area contributed by atoms with E-state index in [2.05, 4.69) is 216 Å². The molecule has 3 heterocycles. The molecule has 0 fully saturated rings. The van der Waals surface area contributed by atoms with Gasteiger partial charge in [0.1, 0.15) is 22.3 Å². The van der Waals surface area contributed by atoms with Crippen LogP contribution in [0, 0.1) is 0 Å². The van der Waals surface area contributed by atoms with E-state index in [1.165, 1.54) is 32.6 Å². The smallest absolute Gasteiger partial charge is 0.136 e. The molecule has 0 amide bonds. The zero-order valence-corrected chi connectivity index (χ0v) is 33.5. The Morgan fingerprint density at radius 3 is 1.76 bits per heavy atom. The molecule has 0 spiro atoms. The van der Waals surface area contributed by atoms with E-state index >= 15 is 0 Å². The summed E-state index contributed by atoms with van der Waals surface area (Å²) in [6.45, 7) is 0. The summed E-state index contributed by atoms with van der Waals surface area (Å²) in [5, 5.41) is 9.31. The van der Waals surface area contributed by atoms with Crippen LogP contribution < -0.4 is 4.90 Å². The van der Waals surface area contributed by atoms with Crippen molar-refractivity contribution in [3.05, 3.63) is 218 Å². The van der Waals surface area contributed by atoms with Gasteiger partial charge in [-0.25, -0.2) is 0 Å². The molecule has 13 rings (SSSR count). The van der Waals surface area contributed by atoms with Gasteiger partial charge in [-0.2, -0.15) is 0 Å². The van der Waals surface area contributed by atoms with E-state index in [0.29, 0.717) is 0 Å². The lowest BCUT2D eigenvalue weighted by Crippen LogP contribution is -2.11. The second-order valence-corrected chi connectivity index (χ2v) is 16.1. The van der Waals surface area contributed by atoms with E-state index < -0.39 is 0 Å². The van der Waals surface area contributed by atoms with Crippen LogP contribution in [-0.4, -0.2) is 4.57 Å². The Morgan fingerprint density at radius 2 is 0.935 bits per heavy atom. The standard InChI is InChI=1S/C58H36N2O2/c1-2-14-39-35-57-50(33-38(39)13-1)49-34-40(29-32-55(49)62-57)44-17-3-7-22-51(44)59(41-30-27-37(28-31-41)45-21-12-26-56-58(45)48-20-6-10-25-54(48)61-56)42-15-11-16-43(36-42)60-52-23-8-4-18-46(52)47-19-5-9-24-53(47)60/h1-36H. The van der Waals surface area contributed by atoms with E-state index in [4.69, 9.17) is 8.83 Å². The summed E-state index contributed by atoms with van der Waals surface area (Å²) in [7, 11) is 0. The normalized spacial score (nSPS) is 11.9. The van der Waals surface area contributed by atoms with Crippen molar-refractivity contribution < 1.29 is 8.83 Å². The largest absolute Gasteiger partial charge is 0.456 e. The first kappa shape index (κ1) is 34.5. The minimum absolute atomic E-state index is 0.878. The Bertz CT molecular complexity index is 3830. The molecule has 4 nitrogen and oxygen atoms in total. The molecule has 0 aliphatic carbocycles. The van der Waals surface area contributed by atoms with Crippen LogP contribution in [0.4, 0.5) is 17.1 Å². The molecule has 62 heavy (non-hydrogen) atoms. The highest BCUT2D eigenvalue weighted by Crippen LogP contribution is 2.45. The number of benzene rings is 10. The fraction of sp³-hybridized carbons (Fsp3) is 0. The Balaban J connectivity index is 1.01. The minimum atomic E-state index is 0.878. The third-order valence-electron chi connectivity index (χ3n) is 12.6. The first-order valence-corrected chi connectivity index (χ1v) is 21.1. The highest BCUT2D eigenvalue weighted by molar-refractivity contribution is 6.14. The maximum atomic E-state index is 6.45. The van der Waals surface area contributed by atoms with Crippen molar-refractivity contribution in [2.24, 2.45) is 0 Å². The van der Waals surface area contributed by atoms with Crippen molar-refractivity contribution in [2.75, 3.05) is 4.90 Å². The number of hydrogen-bond donors (Lipinski definition) is 0. The number of anilines is 3. The Labute approximate surface area is 356 Å². The summed E-state index contributed by atoms with van der Waals surface area (Å²) in [5.74, 6) is 0. The molecule has 0 unspecified atom stereocenters. The van der Waals surface area contributed by atoms with Crippen LogP contribution in [0.25, 0.3) is 104 Å². The van der Waals surface area contributed by atoms with Gasteiger partial charge in [0, 0.05) is 54.9 Å². The second-order valence-electron chi connectivity index (χ2n) is 16.1. The van der Waals surface area contributed by atoms with E-state index in [1.54, 1.807) is 0 Å². The maximum absolute atomic E-state index is 6.45. The highest BCUT2D eigenvalue weighted by atomic mass is 16.3. The van der Waals surface area contributed by atoms with Gasteiger partial charge in [-0.3, -0.25) is 0 Å². The average Bonchev–Trinajstić information content (AvgIpc) is 4.00. The van der Waals surface area contributed by atoms with Crippen LogP contribution in [0.5, 0.6) is 0 Å². The quantitative estimate of drug-likeness (QED) is 0.168. The van der Waals surface area contributed by atoms with Crippen molar-refractivity contribution >= 4 is 93.5 Å². The summed E-state index contributed by atoms with van der Waals surface area (Å²) in [6.07, 6.45) is 0. The third kappa shape index (κ3) is 5.33. The Kier molecular flexibility index (Phi) is 7.57. The topological polar surface area (TPSA) is 34.5 Å². The van der Waals surface area contributed by atoms with Crippen LogP contribution in [-0.2, 0) is 0 Å². The van der Waals surface area contributed by atoms with Gasteiger partial charge in [-0.1, -0.05) is 133 Å². The van der Waals surface area contributed by atoms with E-state index in [1.807, 2.05) is 12.1 Å². The van der Waals surface area contributed by atoms with Gasteiger partial charge in [0.2, 0.25) is 0 Å². The highest BCUT2D eigenvalue weighted by Gasteiger charge is 2.21. The molecule has 0 saturated heterocycles. The second kappa shape index (κ2) is 13.6. The Hall–Kier alpha value is -8.34. The number of aromatic nitrogens is 1. The monoisotopic (exact) mass is 792 g/mol. The zero-order chi connectivity index (χ0) is 40.7. The number of para-hydroxylation sites is 4. The van der Waals surface area contributed by atoms with Gasteiger partial charge >= 0.3 is 0 Å². The molecule has 0 saturated carbocycles. The Morgan fingerprint density at radius 1 is 0.339 bits per heavy atom. The molecule has 290 valence electrons. The fourth-order valence-electron chi connectivity index (χ4n) is 9.75. The van der Waals surface area contributed by atoms with Gasteiger partial charge in [0.15, 0.2) is 0 Å². The molecular formula is C58H36N2O2. The lowest BCUT2D eigenvalue weighted by Gasteiger charge is -2.28. The lowest BCUT2D eigenvalue weighted by atomic mass is 9.98. The number of fused-ring (bicyclic) bond motifs is 10. The number of rotatable bonds is 6. The number of hydrogen-bond acceptors (Lipinski definition) is 3. The first-order valence-electron chi connectivity index (χ1n) is 21.1. The molecule has 13 aromatic rings. The van der Waals surface area contributed by atoms with Crippen molar-refractivity contribution in [1.82, 2.24) is 4.57 Å². The third-order valence-corrected chi connectivity index (χ3v) is 12.6. The van der Waals surface area contributed by atoms with Crippen molar-refractivity contribution in [1.29, 1.82) is 0 Å². The van der Waals surface area contributed by atoms with Crippen LogP contribution >= 0.6 is 0 Å². The van der Waals surface area contributed by atoms with E-state index in [9.17, 15) is 0 Å². The van der Waals surface area contributed by atoms with Gasteiger partial charge in [0.05, 0.1) is 16.7 Å². The summed E-state index contributed by atoms with van der Waals surface area (Å²) in [5.41, 5.74) is 14.7. The summed E-state index contributed by atoms with van der Waals surface area (Å²) < 4.78 is 15.1. The molecular weight excluding hydrogens is 757 g/mol. The molecule has 0 aliphatic heterocycles. The van der Waals surface area contributed by atoms with Gasteiger partial charge in [-0.05, 0) is 112 Å².